The number of aryl methyl sites for hydroxylation is 1. The quantitative estimate of drug-likeness (QED) is 0.850. The molecule has 0 saturated heterocycles. The highest BCUT2D eigenvalue weighted by molar-refractivity contribution is 5.79. The summed E-state index contributed by atoms with van der Waals surface area (Å²) in [7, 11) is 1.61. The fourth-order valence-electron chi connectivity index (χ4n) is 2.32. The van der Waals surface area contributed by atoms with Crippen LogP contribution in [0.15, 0.2) is 30.6 Å². The van der Waals surface area contributed by atoms with Crippen LogP contribution in [0.4, 0.5) is 0 Å². The molecule has 1 heterocycles. The largest absolute Gasteiger partial charge is 0.497 e. The van der Waals surface area contributed by atoms with Crippen LogP contribution in [0.3, 0.4) is 0 Å². The number of aromatic nitrogens is 3. The molecule has 1 amide bonds. The highest BCUT2D eigenvalue weighted by Gasteiger charge is 2.15. The molecule has 118 valence electrons. The molecule has 0 bridgehead atoms. The molecule has 0 aliphatic heterocycles. The molecule has 0 fully saturated rings. The molecule has 22 heavy (non-hydrogen) atoms. The SMILES string of the molecule is CCCn1ncnc1[C@H](C)NC(=O)Cc1cccc(OC)c1. The Morgan fingerprint density at radius 2 is 2.27 bits per heavy atom. The van der Waals surface area contributed by atoms with Crippen molar-refractivity contribution in [3.63, 3.8) is 0 Å². The van der Waals surface area contributed by atoms with E-state index < -0.39 is 0 Å². The Balaban J connectivity index is 1.97. The van der Waals surface area contributed by atoms with E-state index in [2.05, 4.69) is 22.3 Å². The summed E-state index contributed by atoms with van der Waals surface area (Å²) in [5.74, 6) is 1.48. The summed E-state index contributed by atoms with van der Waals surface area (Å²) < 4.78 is 7.00. The van der Waals surface area contributed by atoms with Gasteiger partial charge in [-0.3, -0.25) is 4.79 Å². The number of carbonyl (C=O) groups excluding carboxylic acids is 1. The Morgan fingerprint density at radius 3 is 3.00 bits per heavy atom. The maximum absolute atomic E-state index is 12.2. The maximum atomic E-state index is 12.2. The zero-order chi connectivity index (χ0) is 15.9. The van der Waals surface area contributed by atoms with Crippen molar-refractivity contribution in [1.82, 2.24) is 20.1 Å². The normalized spacial score (nSPS) is 12.0. The number of nitrogens with zero attached hydrogens (tertiary/aromatic N) is 3. The van der Waals surface area contributed by atoms with Gasteiger partial charge >= 0.3 is 0 Å². The van der Waals surface area contributed by atoms with Crippen molar-refractivity contribution in [3.05, 3.63) is 42.0 Å². The minimum atomic E-state index is -0.174. The first-order valence-corrected chi connectivity index (χ1v) is 7.44. The Morgan fingerprint density at radius 1 is 1.45 bits per heavy atom. The van der Waals surface area contributed by atoms with Crippen LogP contribution < -0.4 is 10.1 Å². The van der Waals surface area contributed by atoms with Gasteiger partial charge in [0, 0.05) is 6.54 Å². The molecule has 2 rings (SSSR count). The van der Waals surface area contributed by atoms with E-state index in [-0.39, 0.29) is 11.9 Å². The number of carbonyl (C=O) groups is 1. The molecule has 1 aromatic carbocycles. The number of hydrogen-bond acceptors (Lipinski definition) is 4. The summed E-state index contributed by atoms with van der Waals surface area (Å²) in [6.07, 6.45) is 2.81. The van der Waals surface area contributed by atoms with Gasteiger partial charge in [-0.25, -0.2) is 9.67 Å². The molecular formula is C16H22N4O2. The predicted molar refractivity (Wildman–Crippen MR) is 83.6 cm³/mol. The smallest absolute Gasteiger partial charge is 0.225 e. The van der Waals surface area contributed by atoms with Gasteiger partial charge in [0.2, 0.25) is 5.91 Å². The van der Waals surface area contributed by atoms with Crippen molar-refractivity contribution >= 4 is 5.91 Å². The zero-order valence-electron chi connectivity index (χ0n) is 13.2. The predicted octanol–water partition coefficient (Wildman–Crippen LogP) is 2.12. The lowest BCUT2D eigenvalue weighted by Crippen LogP contribution is -2.30. The molecule has 0 saturated carbocycles. The number of benzene rings is 1. The van der Waals surface area contributed by atoms with E-state index in [0.717, 1.165) is 30.1 Å². The molecule has 1 atom stereocenters. The van der Waals surface area contributed by atoms with Crippen molar-refractivity contribution < 1.29 is 9.53 Å². The summed E-state index contributed by atoms with van der Waals surface area (Å²) in [5.41, 5.74) is 0.916. The minimum Gasteiger partial charge on any atom is -0.497 e. The fourth-order valence-corrected chi connectivity index (χ4v) is 2.32. The summed E-state index contributed by atoms with van der Waals surface area (Å²) in [5, 5.41) is 7.14. The first-order chi connectivity index (χ1) is 10.6. The number of rotatable bonds is 7. The molecule has 0 aliphatic rings. The third kappa shape index (κ3) is 4.07. The van der Waals surface area contributed by atoms with Crippen molar-refractivity contribution in [3.8, 4) is 5.75 Å². The van der Waals surface area contributed by atoms with Gasteiger partial charge in [0.1, 0.15) is 17.9 Å². The fraction of sp³-hybridized carbons (Fsp3) is 0.438. The van der Waals surface area contributed by atoms with Gasteiger partial charge in [-0.15, -0.1) is 0 Å². The van der Waals surface area contributed by atoms with E-state index in [9.17, 15) is 4.79 Å². The monoisotopic (exact) mass is 302 g/mol. The highest BCUT2D eigenvalue weighted by atomic mass is 16.5. The first-order valence-electron chi connectivity index (χ1n) is 7.44. The van der Waals surface area contributed by atoms with Crippen LogP contribution in [-0.4, -0.2) is 27.8 Å². The van der Waals surface area contributed by atoms with E-state index in [0.29, 0.717) is 6.42 Å². The number of hydrogen-bond donors (Lipinski definition) is 1. The molecule has 0 spiro atoms. The van der Waals surface area contributed by atoms with Crippen LogP contribution in [-0.2, 0) is 17.8 Å². The van der Waals surface area contributed by atoms with Crippen molar-refractivity contribution in [2.24, 2.45) is 0 Å². The molecule has 1 N–H and O–H groups in total. The summed E-state index contributed by atoms with van der Waals surface area (Å²) in [4.78, 5) is 16.4. The van der Waals surface area contributed by atoms with E-state index in [4.69, 9.17) is 4.74 Å². The molecule has 2 aromatic rings. The van der Waals surface area contributed by atoms with Gasteiger partial charge in [-0.2, -0.15) is 5.10 Å². The Hall–Kier alpha value is -2.37. The molecular weight excluding hydrogens is 280 g/mol. The minimum absolute atomic E-state index is 0.0493. The van der Waals surface area contributed by atoms with E-state index >= 15 is 0 Å². The summed E-state index contributed by atoms with van der Waals surface area (Å²) in [6.45, 7) is 4.79. The molecule has 6 heteroatoms. The second kappa shape index (κ2) is 7.59. The van der Waals surface area contributed by atoms with E-state index in [1.165, 1.54) is 6.33 Å². The zero-order valence-corrected chi connectivity index (χ0v) is 13.2. The average Bonchev–Trinajstić information content (AvgIpc) is 2.96. The number of ether oxygens (including phenoxy) is 1. The summed E-state index contributed by atoms with van der Waals surface area (Å²) >= 11 is 0. The lowest BCUT2D eigenvalue weighted by Gasteiger charge is -2.14. The lowest BCUT2D eigenvalue weighted by molar-refractivity contribution is -0.121. The van der Waals surface area contributed by atoms with Gasteiger partial charge in [0.15, 0.2) is 0 Å². The first kappa shape index (κ1) is 16.0. The van der Waals surface area contributed by atoms with Crippen LogP contribution in [0.1, 0.15) is 37.7 Å². The van der Waals surface area contributed by atoms with Crippen LogP contribution in [0.5, 0.6) is 5.75 Å². The van der Waals surface area contributed by atoms with Crippen molar-refractivity contribution in [1.29, 1.82) is 0 Å². The van der Waals surface area contributed by atoms with Gasteiger partial charge in [-0.05, 0) is 31.0 Å². The Kier molecular flexibility index (Phi) is 5.52. The third-order valence-corrected chi connectivity index (χ3v) is 3.34. The lowest BCUT2D eigenvalue weighted by atomic mass is 10.1. The molecule has 0 unspecified atom stereocenters. The molecule has 1 aromatic heterocycles. The Bertz CT molecular complexity index is 624. The topological polar surface area (TPSA) is 69.0 Å². The van der Waals surface area contributed by atoms with Crippen LogP contribution in [0, 0.1) is 0 Å². The number of nitrogens with one attached hydrogen (secondary N) is 1. The number of methoxy groups -OCH3 is 1. The standard InChI is InChI=1S/C16H22N4O2/c1-4-8-20-16(17-11-18-20)12(2)19-15(21)10-13-6-5-7-14(9-13)22-3/h5-7,9,11-12H,4,8,10H2,1-3H3,(H,19,21)/t12-/m0/s1. The van der Waals surface area contributed by atoms with Crippen LogP contribution >= 0.6 is 0 Å². The average molecular weight is 302 g/mol. The number of amides is 1. The molecule has 6 nitrogen and oxygen atoms in total. The maximum Gasteiger partial charge on any atom is 0.225 e. The van der Waals surface area contributed by atoms with Crippen molar-refractivity contribution in [2.75, 3.05) is 7.11 Å². The third-order valence-electron chi connectivity index (χ3n) is 3.34. The van der Waals surface area contributed by atoms with Gasteiger partial charge < -0.3 is 10.1 Å². The molecule has 0 radical (unpaired) electrons. The van der Waals surface area contributed by atoms with Crippen LogP contribution in [0.2, 0.25) is 0 Å². The van der Waals surface area contributed by atoms with Gasteiger partial charge in [-0.1, -0.05) is 19.1 Å². The second-order valence-electron chi connectivity index (χ2n) is 5.16. The van der Waals surface area contributed by atoms with Gasteiger partial charge in [0.25, 0.3) is 0 Å². The molecule has 0 aliphatic carbocycles. The van der Waals surface area contributed by atoms with Crippen molar-refractivity contribution in [2.45, 2.75) is 39.3 Å². The highest BCUT2D eigenvalue weighted by Crippen LogP contribution is 2.14. The Labute approximate surface area is 130 Å². The van der Waals surface area contributed by atoms with Crippen LogP contribution in [0.25, 0.3) is 0 Å². The van der Waals surface area contributed by atoms with E-state index in [1.807, 2.05) is 35.9 Å². The van der Waals surface area contributed by atoms with Gasteiger partial charge in [0.05, 0.1) is 19.6 Å². The second-order valence-corrected chi connectivity index (χ2v) is 5.16. The van der Waals surface area contributed by atoms with E-state index in [1.54, 1.807) is 7.11 Å². The summed E-state index contributed by atoms with van der Waals surface area (Å²) in [6, 6.07) is 7.34.